The Bertz CT molecular complexity index is 715. The van der Waals surface area contributed by atoms with Crippen LogP contribution >= 0.6 is 34.5 Å². The number of carbonyl (C=O) groups excluding carboxylic acids is 1. The topological polar surface area (TPSA) is 29.1 Å². The molecule has 0 unspecified atom stereocenters. The normalized spacial score (nSPS) is 11.5. The van der Waals surface area contributed by atoms with E-state index in [0.29, 0.717) is 6.07 Å². The summed E-state index contributed by atoms with van der Waals surface area (Å²) in [6, 6.07) is 3.57. The standard InChI is InChI=1S/C13H7Cl2F4NOS/c14-10-4-8(11(15)22-10)12(21)20-5-6-1-2-7(16)3-9(6)13(17,18)19/h1-4H,5H2,(H,20,21). The summed E-state index contributed by atoms with van der Waals surface area (Å²) in [7, 11) is 0. The maximum atomic E-state index is 13.0. The van der Waals surface area contributed by atoms with Crippen LogP contribution < -0.4 is 5.32 Å². The molecule has 0 aliphatic carbocycles. The molecule has 9 heteroatoms. The molecule has 0 bridgehead atoms. The van der Waals surface area contributed by atoms with E-state index in [9.17, 15) is 22.4 Å². The van der Waals surface area contributed by atoms with Crippen molar-refractivity contribution in [1.82, 2.24) is 5.32 Å². The first kappa shape index (κ1) is 17.1. The van der Waals surface area contributed by atoms with Gasteiger partial charge in [0.05, 0.1) is 15.5 Å². The van der Waals surface area contributed by atoms with Gasteiger partial charge in [-0.25, -0.2) is 4.39 Å². The van der Waals surface area contributed by atoms with Crippen LogP contribution in [-0.2, 0) is 12.7 Å². The summed E-state index contributed by atoms with van der Waals surface area (Å²) < 4.78 is 51.9. The summed E-state index contributed by atoms with van der Waals surface area (Å²) in [5.41, 5.74) is -1.31. The molecule has 1 aromatic heterocycles. The molecule has 1 aromatic carbocycles. The minimum absolute atomic E-state index is 0.0762. The Morgan fingerprint density at radius 2 is 1.91 bits per heavy atom. The third-order valence-corrected chi connectivity index (χ3v) is 4.21. The maximum absolute atomic E-state index is 13.0. The number of amides is 1. The summed E-state index contributed by atoms with van der Waals surface area (Å²) in [6.45, 7) is -0.419. The van der Waals surface area contributed by atoms with E-state index in [-0.39, 0.29) is 19.8 Å². The number of hydrogen-bond donors (Lipinski definition) is 1. The predicted octanol–water partition coefficient (Wildman–Crippen LogP) is 5.14. The maximum Gasteiger partial charge on any atom is 0.416 e. The Hall–Kier alpha value is -1.31. The van der Waals surface area contributed by atoms with Crippen molar-refractivity contribution in [2.75, 3.05) is 0 Å². The Labute approximate surface area is 136 Å². The first-order valence-corrected chi connectivity index (χ1v) is 7.34. The Kier molecular flexibility index (Phi) is 4.99. The van der Waals surface area contributed by atoms with Gasteiger partial charge in [-0.2, -0.15) is 13.2 Å². The number of halogens is 6. The lowest BCUT2D eigenvalue weighted by atomic mass is 10.1. The first-order chi connectivity index (χ1) is 10.2. The lowest BCUT2D eigenvalue weighted by molar-refractivity contribution is -0.138. The lowest BCUT2D eigenvalue weighted by Gasteiger charge is -2.13. The molecule has 1 N–H and O–H groups in total. The molecular weight excluding hydrogens is 365 g/mol. The van der Waals surface area contributed by atoms with Gasteiger partial charge in [-0.1, -0.05) is 29.3 Å². The third kappa shape index (κ3) is 3.91. The van der Waals surface area contributed by atoms with Crippen LogP contribution in [0.5, 0.6) is 0 Å². The Morgan fingerprint density at radius 1 is 1.23 bits per heavy atom. The molecule has 1 amide bonds. The van der Waals surface area contributed by atoms with Gasteiger partial charge < -0.3 is 5.32 Å². The summed E-state index contributed by atoms with van der Waals surface area (Å²) >= 11 is 12.5. The molecule has 1 heterocycles. The highest BCUT2D eigenvalue weighted by Crippen LogP contribution is 2.33. The monoisotopic (exact) mass is 371 g/mol. The number of hydrogen-bond acceptors (Lipinski definition) is 2. The van der Waals surface area contributed by atoms with E-state index in [0.717, 1.165) is 23.5 Å². The van der Waals surface area contributed by atoms with E-state index in [1.165, 1.54) is 6.07 Å². The van der Waals surface area contributed by atoms with Crippen molar-refractivity contribution in [2.24, 2.45) is 0 Å². The Balaban J connectivity index is 2.18. The van der Waals surface area contributed by atoms with Crippen molar-refractivity contribution in [3.05, 3.63) is 55.4 Å². The summed E-state index contributed by atoms with van der Waals surface area (Å²) in [4.78, 5) is 11.9. The number of nitrogens with one attached hydrogen (secondary N) is 1. The zero-order valence-corrected chi connectivity index (χ0v) is 12.9. The van der Waals surface area contributed by atoms with Crippen LogP contribution in [0, 0.1) is 5.82 Å². The van der Waals surface area contributed by atoms with E-state index in [2.05, 4.69) is 5.32 Å². The zero-order chi connectivity index (χ0) is 16.5. The SMILES string of the molecule is O=C(NCc1ccc(F)cc1C(F)(F)F)c1cc(Cl)sc1Cl. The predicted molar refractivity (Wildman–Crippen MR) is 76.9 cm³/mol. The molecule has 118 valence electrons. The number of rotatable bonds is 3. The largest absolute Gasteiger partial charge is 0.416 e. The van der Waals surface area contributed by atoms with Crippen LogP contribution in [0.4, 0.5) is 17.6 Å². The van der Waals surface area contributed by atoms with Crippen molar-refractivity contribution in [1.29, 1.82) is 0 Å². The van der Waals surface area contributed by atoms with Crippen LogP contribution in [0.2, 0.25) is 8.67 Å². The number of carbonyl (C=O) groups is 1. The smallest absolute Gasteiger partial charge is 0.348 e. The van der Waals surface area contributed by atoms with Gasteiger partial charge in [0.2, 0.25) is 0 Å². The van der Waals surface area contributed by atoms with E-state index in [1.807, 2.05) is 0 Å². The fourth-order valence-electron chi connectivity index (χ4n) is 1.73. The molecule has 0 aliphatic rings. The van der Waals surface area contributed by atoms with Crippen LogP contribution in [-0.4, -0.2) is 5.91 Å². The highest BCUT2D eigenvalue weighted by atomic mass is 35.5. The molecule has 2 aromatic rings. The minimum atomic E-state index is -4.72. The van der Waals surface area contributed by atoms with Crippen molar-refractivity contribution in [3.63, 3.8) is 0 Å². The molecule has 0 radical (unpaired) electrons. The molecule has 0 spiro atoms. The van der Waals surface area contributed by atoms with Crippen LogP contribution in [0.25, 0.3) is 0 Å². The molecular formula is C13H7Cl2F4NOS. The summed E-state index contributed by atoms with van der Waals surface area (Å²) in [6.07, 6.45) is -4.72. The van der Waals surface area contributed by atoms with Gasteiger partial charge in [-0.05, 0) is 23.8 Å². The zero-order valence-electron chi connectivity index (χ0n) is 10.6. The molecule has 0 fully saturated rings. The summed E-state index contributed by atoms with van der Waals surface area (Å²) in [5.74, 6) is -1.67. The van der Waals surface area contributed by atoms with Gasteiger partial charge in [0.25, 0.3) is 5.91 Å². The molecule has 0 atom stereocenters. The second-order valence-electron chi connectivity index (χ2n) is 4.22. The highest BCUT2D eigenvalue weighted by molar-refractivity contribution is 7.20. The molecule has 2 rings (SSSR count). The van der Waals surface area contributed by atoms with Gasteiger partial charge in [0.15, 0.2) is 0 Å². The number of thiophene rings is 1. The molecule has 0 saturated heterocycles. The third-order valence-electron chi connectivity index (χ3n) is 2.72. The van der Waals surface area contributed by atoms with Crippen molar-refractivity contribution >= 4 is 40.4 Å². The molecule has 2 nitrogen and oxygen atoms in total. The van der Waals surface area contributed by atoms with Gasteiger partial charge in [0, 0.05) is 6.54 Å². The first-order valence-electron chi connectivity index (χ1n) is 5.77. The van der Waals surface area contributed by atoms with Crippen molar-refractivity contribution < 1.29 is 22.4 Å². The van der Waals surface area contributed by atoms with Gasteiger partial charge in [-0.15, -0.1) is 11.3 Å². The lowest BCUT2D eigenvalue weighted by Crippen LogP contribution is -2.24. The second kappa shape index (κ2) is 6.44. The molecule has 0 aliphatic heterocycles. The van der Waals surface area contributed by atoms with Crippen LogP contribution in [0.15, 0.2) is 24.3 Å². The van der Waals surface area contributed by atoms with E-state index < -0.39 is 30.0 Å². The highest BCUT2D eigenvalue weighted by Gasteiger charge is 2.33. The molecule has 22 heavy (non-hydrogen) atoms. The van der Waals surface area contributed by atoms with Crippen LogP contribution in [0.3, 0.4) is 0 Å². The van der Waals surface area contributed by atoms with E-state index >= 15 is 0 Å². The van der Waals surface area contributed by atoms with Crippen LogP contribution in [0.1, 0.15) is 21.5 Å². The van der Waals surface area contributed by atoms with E-state index in [1.54, 1.807) is 0 Å². The van der Waals surface area contributed by atoms with E-state index in [4.69, 9.17) is 23.2 Å². The number of benzene rings is 1. The minimum Gasteiger partial charge on any atom is -0.348 e. The fraction of sp³-hybridized carbons (Fsp3) is 0.154. The fourth-order valence-corrected chi connectivity index (χ4v) is 3.19. The summed E-state index contributed by atoms with van der Waals surface area (Å²) in [5, 5.41) is 2.30. The average Bonchev–Trinajstić information content (AvgIpc) is 2.75. The van der Waals surface area contributed by atoms with Crippen molar-refractivity contribution in [2.45, 2.75) is 12.7 Å². The quantitative estimate of drug-likeness (QED) is 0.743. The number of alkyl halides is 3. The van der Waals surface area contributed by atoms with Gasteiger partial charge >= 0.3 is 6.18 Å². The molecule has 0 saturated carbocycles. The van der Waals surface area contributed by atoms with Crippen molar-refractivity contribution in [3.8, 4) is 0 Å². The Morgan fingerprint density at radius 3 is 2.45 bits per heavy atom. The second-order valence-corrected chi connectivity index (χ2v) is 6.51. The van der Waals surface area contributed by atoms with Gasteiger partial charge in [-0.3, -0.25) is 4.79 Å². The average molecular weight is 372 g/mol. The van der Waals surface area contributed by atoms with Gasteiger partial charge in [0.1, 0.15) is 10.2 Å².